The van der Waals surface area contributed by atoms with Crippen molar-refractivity contribution in [1.29, 1.82) is 0 Å². The van der Waals surface area contributed by atoms with Gasteiger partial charge >= 0.3 is 0 Å². The van der Waals surface area contributed by atoms with Gasteiger partial charge in [0, 0.05) is 13.5 Å². The summed E-state index contributed by atoms with van der Waals surface area (Å²) in [4.78, 5) is 0. The molecule has 3 N–H and O–H groups in total. The highest BCUT2D eigenvalue weighted by Gasteiger charge is 1.97. The maximum atomic E-state index is 4.88. The van der Waals surface area contributed by atoms with Gasteiger partial charge in [0.05, 0.1) is 0 Å². The third-order valence-electron chi connectivity index (χ3n) is 0.944. The highest BCUT2D eigenvalue weighted by molar-refractivity contribution is 4.32. The molecule has 0 amide bonds. The standard InChI is InChI=1S/C5H13NO.BrH/c1-3-4-5(6)7-2;/h5H,3-4,6H2,1-2H3;1H. The van der Waals surface area contributed by atoms with Gasteiger partial charge in [-0.15, -0.1) is 0 Å². The van der Waals surface area contributed by atoms with E-state index in [0.717, 1.165) is 12.8 Å². The second-order valence-electron chi connectivity index (χ2n) is 1.65. The Kier molecular flexibility index (Phi) is 10.4. The van der Waals surface area contributed by atoms with E-state index in [1.165, 1.54) is 0 Å². The lowest BCUT2D eigenvalue weighted by molar-refractivity contribution is -0.488. The summed E-state index contributed by atoms with van der Waals surface area (Å²) in [5.41, 5.74) is 3.72. The average Bonchev–Trinajstić information content (AvgIpc) is 1.68. The van der Waals surface area contributed by atoms with Gasteiger partial charge in [-0.2, -0.15) is 0 Å². The molecule has 0 saturated carbocycles. The molecular formula is C5H14BrNO. The molecular weight excluding hydrogens is 170 g/mol. The van der Waals surface area contributed by atoms with Crippen molar-refractivity contribution < 1.29 is 27.5 Å². The fraction of sp³-hybridized carbons (Fsp3) is 1.00. The first-order chi connectivity index (χ1) is 3.31. The smallest absolute Gasteiger partial charge is 0.188 e. The van der Waals surface area contributed by atoms with Gasteiger partial charge in [0.15, 0.2) is 6.23 Å². The molecule has 0 aliphatic rings. The van der Waals surface area contributed by atoms with E-state index in [-0.39, 0.29) is 23.2 Å². The Bertz CT molecular complexity index is 43.4. The van der Waals surface area contributed by atoms with Crippen molar-refractivity contribution in [2.24, 2.45) is 0 Å². The fourth-order valence-corrected chi connectivity index (χ4v) is 0.440. The summed E-state index contributed by atoms with van der Waals surface area (Å²) in [6.45, 7) is 2.12. The Morgan fingerprint density at radius 1 is 1.62 bits per heavy atom. The number of rotatable bonds is 3. The summed E-state index contributed by atoms with van der Waals surface area (Å²) in [6.07, 6.45) is 2.42. The quantitative estimate of drug-likeness (QED) is 0.466. The Labute approximate surface area is 61.2 Å². The molecule has 0 spiro atoms. The molecule has 3 heteroatoms. The number of methoxy groups -OCH3 is 1. The van der Waals surface area contributed by atoms with E-state index in [4.69, 9.17) is 4.74 Å². The van der Waals surface area contributed by atoms with Gasteiger partial charge in [-0.05, 0) is 6.42 Å². The fourth-order valence-electron chi connectivity index (χ4n) is 0.440. The first kappa shape index (κ1) is 11.2. The molecule has 0 radical (unpaired) electrons. The molecule has 0 aromatic rings. The topological polar surface area (TPSA) is 36.9 Å². The van der Waals surface area contributed by atoms with Gasteiger partial charge in [-0.3, -0.25) is 0 Å². The van der Waals surface area contributed by atoms with E-state index in [0.29, 0.717) is 0 Å². The molecule has 0 heterocycles. The molecule has 0 rings (SSSR count). The van der Waals surface area contributed by atoms with Crippen molar-refractivity contribution in [3.8, 4) is 0 Å². The van der Waals surface area contributed by atoms with Crippen molar-refractivity contribution in [2.75, 3.05) is 7.11 Å². The molecule has 0 fully saturated rings. The number of hydrogen-bond donors (Lipinski definition) is 1. The van der Waals surface area contributed by atoms with Crippen LogP contribution in [0.5, 0.6) is 0 Å². The molecule has 1 atom stereocenters. The Morgan fingerprint density at radius 2 is 2.12 bits per heavy atom. The van der Waals surface area contributed by atoms with Crippen molar-refractivity contribution in [2.45, 2.75) is 26.0 Å². The SMILES string of the molecule is CCCC([NH3+])OC.[Br-]. The molecule has 0 saturated heterocycles. The number of halogens is 1. The minimum absolute atomic E-state index is 0. The van der Waals surface area contributed by atoms with E-state index >= 15 is 0 Å². The van der Waals surface area contributed by atoms with E-state index in [9.17, 15) is 0 Å². The minimum Gasteiger partial charge on any atom is -1.00 e. The monoisotopic (exact) mass is 183 g/mol. The lowest BCUT2D eigenvalue weighted by Gasteiger charge is -2.00. The molecule has 0 aliphatic carbocycles. The number of quaternary nitrogens is 1. The normalized spacial score (nSPS) is 12.4. The van der Waals surface area contributed by atoms with Crippen LogP contribution in [0, 0.1) is 0 Å². The van der Waals surface area contributed by atoms with Crippen LogP contribution in [0.4, 0.5) is 0 Å². The van der Waals surface area contributed by atoms with Gasteiger partial charge < -0.3 is 27.5 Å². The highest BCUT2D eigenvalue weighted by Crippen LogP contribution is 1.88. The second-order valence-corrected chi connectivity index (χ2v) is 1.65. The van der Waals surface area contributed by atoms with Gasteiger partial charge in [0.25, 0.3) is 0 Å². The van der Waals surface area contributed by atoms with Crippen LogP contribution < -0.4 is 22.7 Å². The lowest BCUT2D eigenvalue weighted by Crippen LogP contribution is -3.00. The zero-order valence-corrected chi connectivity index (χ0v) is 7.07. The van der Waals surface area contributed by atoms with E-state index in [1.54, 1.807) is 7.11 Å². The van der Waals surface area contributed by atoms with Crippen molar-refractivity contribution in [3.63, 3.8) is 0 Å². The largest absolute Gasteiger partial charge is 1.00 e. The number of ether oxygens (including phenoxy) is 1. The van der Waals surface area contributed by atoms with Gasteiger partial charge in [0.1, 0.15) is 0 Å². The lowest BCUT2D eigenvalue weighted by atomic mass is 10.3. The molecule has 0 aromatic heterocycles. The average molecular weight is 184 g/mol. The maximum absolute atomic E-state index is 4.88. The third kappa shape index (κ3) is 6.40. The van der Waals surface area contributed by atoms with Crippen molar-refractivity contribution >= 4 is 0 Å². The van der Waals surface area contributed by atoms with Crippen LogP contribution >= 0.6 is 0 Å². The number of hydrogen-bond acceptors (Lipinski definition) is 1. The summed E-state index contributed by atoms with van der Waals surface area (Å²) in [7, 11) is 1.69. The Morgan fingerprint density at radius 3 is 2.25 bits per heavy atom. The summed E-state index contributed by atoms with van der Waals surface area (Å²) in [6, 6.07) is 0. The molecule has 52 valence electrons. The van der Waals surface area contributed by atoms with Crippen LogP contribution in [0.25, 0.3) is 0 Å². The highest BCUT2D eigenvalue weighted by atomic mass is 79.9. The van der Waals surface area contributed by atoms with Gasteiger partial charge in [-0.1, -0.05) is 6.92 Å². The molecule has 0 aliphatic heterocycles. The predicted molar refractivity (Wildman–Crippen MR) is 28.6 cm³/mol. The van der Waals surface area contributed by atoms with Crippen LogP contribution in [0.3, 0.4) is 0 Å². The van der Waals surface area contributed by atoms with Crippen LogP contribution in [-0.4, -0.2) is 13.3 Å². The molecule has 0 bridgehead atoms. The zero-order chi connectivity index (χ0) is 5.70. The third-order valence-corrected chi connectivity index (χ3v) is 0.944. The van der Waals surface area contributed by atoms with Crippen LogP contribution in [0.1, 0.15) is 19.8 Å². The van der Waals surface area contributed by atoms with Crippen LogP contribution in [0.15, 0.2) is 0 Å². The van der Waals surface area contributed by atoms with Gasteiger partial charge in [0.2, 0.25) is 0 Å². The Balaban J connectivity index is 0. The van der Waals surface area contributed by atoms with E-state index < -0.39 is 0 Å². The summed E-state index contributed by atoms with van der Waals surface area (Å²) in [5, 5.41) is 0. The van der Waals surface area contributed by atoms with E-state index in [2.05, 4.69) is 12.7 Å². The molecule has 2 nitrogen and oxygen atoms in total. The van der Waals surface area contributed by atoms with Crippen LogP contribution in [0.2, 0.25) is 0 Å². The van der Waals surface area contributed by atoms with Crippen molar-refractivity contribution in [1.82, 2.24) is 0 Å². The second kappa shape index (κ2) is 7.40. The van der Waals surface area contributed by atoms with Crippen molar-refractivity contribution in [3.05, 3.63) is 0 Å². The van der Waals surface area contributed by atoms with Crippen LogP contribution in [-0.2, 0) is 4.74 Å². The first-order valence-corrected chi connectivity index (χ1v) is 2.67. The zero-order valence-electron chi connectivity index (χ0n) is 5.48. The predicted octanol–water partition coefficient (Wildman–Crippen LogP) is -3.00. The summed E-state index contributed by atoms with van der Waals surface area (Å²) >= 11 is 0. The first-order valence-electron chi connectivity index (χ1n) is 2.67. The molecule has 0 aromatic carbocycles. The van der Waals surface area contributed by atoms with E-state index in [1.807, 2.05) is 0 Å². The minimum atomic E-state index is 0. The molecule has 8 heavy (non-hydrogen) atoms. The Hall–Kier alpha value is 0.400. The van der Waals surface area contributed by atoms with Gasteiger partial charge in [-0.25, -0.2) is 0 Å². The summed E-state index contributed by atoms with van der Waals surface area (Å²) in [5.74, 6) is 0. The molecule has 1 unspecified atom stereocenters. The summed E-state index contributed by atoms with van der Waals surface area (Å²) < 4.78 is 4.88. The maximum Gasteiger partial charge on any atom is 0.188 e.